The van der Waals surface area contributed by atoms with Crippen molar-refractivity contribution in [2.75, 3.05) is 13.1 Å². The molecule has 0 N–H and O–H groups in total. The van der Waals surface area contributed by atoms with Crippen molar-refractivity contribution in [1.29, 1.82) is 0 Å². The number of nitrogens with zero attached hydrogens (tertiary/aromatic N) is 6. The van der Waals surface area contributed by atoms with Crippen LogP contribution in [-0.4, -0.2) is 42.1 Å². The maximum absolute atomic E-state index is 14.2. The van der Waals surface area contributed by atoms with E-state index in [1.807, 2.05) is 24.5 Å². The van der Waals surface area contributed by atoms with Crippen molar-refractivity contribution >= 4 is 5.65 Å². The molecule has 3 aliphatic rings. The molecule has 2 saturated carbocycles. The summed E-state index contributed by atoms with van der Waals surface area (Å²) in [5.74, 6) is 1.97. The van der Waals surface area contributed by atoms with Gasteiger partial charge < -0.3 is 4.57 Å². The van der Waals surface area contributed by atoms with Gasteiger partial charge in [-0.05, 0) is 85.7 Å². The average molecular weight is 577 g/mol. The second kappa shape index (κ2) is 10.0. The number of aromatic nitrogens is 5. The molecule has 4 heterocycles. The minimum Gasteiger partial charge on any atom is -0.314 e. The lowest BCUT2D eigenvalue weighted by Crippen LogP contribution is -2.43. The lowest BCUT2D eigenvalue weighted by Gasteiger charge is -2.46. The number of rotatable bonds is 6. The second-order valence-corrected chi connectivity index (χ2v) is 12.9. The monoisotopic (exact) mass is 576 g/mol. The Kier molecular flexibility index (Phi) is 6.53. The fraction of sp³-hybridized carbons (Fsp3) is 0.500. The third-order valence-electron chi connectivity index (χ3n) is 9.37. The van der Waals surface area contributed by atoms with Crippen LogP contribution < -0.4 is 5.56 Å². The predicted octanol–water partition coefficient (Wildman–Crippen LogP) is 6.25. The van der Waals surface area contributed by atoms with Crippen LogP contribution in [-0.2, 0) is 18.1 Å². The van der Waals surface area contributed by atoms with Crippen molar-refractivity contribution < 1.29 is 13.2 Å². The lowest BCUT2D eigenvalue weighted by atomic mass is 9.58. The maximum Gasteiger partial charge on any atom is 0.419 e. The smallest absolute Gasteiger partial charge is 0.314 e. The van der Waals surface area contributed by atoms with E-state index in [0.29, 0.717) is 35.5 Å². The summed E-state index contributed by atoms with van der Waals surface area (Å²) < 4.78 is 45.9. The quantitative estimate of drug-likeness (QED) is 0.271. The first kappa shape index (κ1) is 27.3. The highest BCUT2D eigenvalue weighted by atomic mass is 19.4. The molecule has 0 radical (unpaired) electrons. The summed E-state index contributed by atoms with van der Waals surface area (Å²) in [5, 5.41) is 8.81. The Morgan fingerprint density at radius 1 is 1.07 bits per heavy atom. The summed E-state index contributed by atoms with van der Waals surface area (Å²) in [6.07, 6.45) is 6.23. The van der Waals surface area contributed by atoms with Crippen molar-refractivity contribution in [3.05, 3.63) is 81.9 Å². The van der Waals surface area contributed by atoms with Crippen LogP contribution in [0.3, 0.4) is 0 Å². The van der Waals surface area contributed by atoms with Gasteiger partial charge in [0.05, 0.1) is 16.5 Å². The first-order chi connectivity index (χ1) is 20.1. The zero-order chi connectivity index (χ0) is 29.2. The minimum absolute atomic E-state index is 0.275. The predicted molar refractivity (Wildman–Crippen MR) is 153 cm³/mol. The number of hydrogen-bond donors (Lipinski definition) is 0. The van der Waals surface area contributed by atoms with Crippen LogP contribution in [0.15, 0.2) is 53.8 Å². The molecule has 4 aromatic rings. The SMILES string of the molecule is CC1CC(c2cccc(-c3cnc4c(C(F)(F)F)cc(CN5CCC[C@H](C)C5)cn4c3=O)c2)(c2nncn2C2CC2)C1. The molecule has 1 atom stereocenters. The van der Waals surface area contributed by atoms with Gasteiger partial charge in [-0.15, -0.1) is 10.2 Å². The van der Waals surface area contributed by atoms with Gasteiger partial charge in [-0.2, -0.15) is 13.2 Å². The third-order valence-corrected chi connectivity index (χ3v) is 9.37. The van der Waals surface area contributed by atoms with Crippen LogP contribution in [0.5, 0.6) is 0 Å². The summed E-state index contributed by atoms with van der Waals surface area (Å²) in [7, 11) is 0. The highest BCUT2D eigenvalue weighted by Gasteiger charge is 2.49. The molecule has 10 heteroatoms. The summed E-state index contributed by atoms with van der Waals surface area (Å²) in [4.78, 5) is 20.3. The largest absolute Gasteiger partial charge is 0.419 e. The Hall–Kier alpha value is -3.53. The Labute approximate surface area is 242 Å². The Morgan fingerprint density at radius 3 is 2.60 bits per heavy atom. The van der Waals surface area contributed by atoms with E-state index in [1.54, 1.807) is 6.20 Å². The fourth-order valence-electron chi connectivity index (χ4n) is 7.29. The molecule has 42 heavy (non-hydrogen) atoms. The number of pyridine rings is 1. The molecule has 0 bridgehead atoms. The number of benzene rings is 1. The van der Waals surface area contributed by atoms with Crippen LogP contribution in [0, 0.1) is 11.8 Å². The number of alkyl halides is 3. The van der Waals surface area contributed by atoms with Crippen molar-refractivity contribution in [2.24, 2.45) is 11.8 Å². The van der Waals surface area contributed by atoms with Gasteiger partial charge in [0.1, 0.15) is 12.2 Å². The summed E-state index contributed by atoms with van der Waals surface area (Å²) in [6.45, 7) is 6.40. The highest BCUT2D eigenvalue weighted by molar-refractivity contribution is 5.66. The Bertz CT molecular complexity index is 1700. The van der Waals surface area contributed by atoms with E-state index in [0.717, 1.165) is 73.5 Å². The van der Waals surface area contributed by atoms with Gasteiger partial charge in [-0.3, -0.25) is 14.1 Å². The average Bonchev–Trinajstić information content (AvgIpc) is 3.67. The van der Waals surface area contributed by atoms with Gasteiger partial charge in [0.2, 0.25) is 0 Å². The normalized spacial score (nSPS) is 25.1. The van der Waals surface area contributed by atoms with Gasteiger partial charge in [0, 0.05) is 31.5 Å². The molecule has 1 aliphatic heterocycles. The van der Waals surface area contributed by atoms with E-state index in [2.05, 4.69) is 44.6 Å². The maximum atomic E-state index is 14.2. The first-order valence-corrected chi connectivity index (χ1v) is 15.0. The lowest BCUT2D eigenvalue weighted by molar-refractivity contribution is -0.136. The van der Waals surface area contributed by atoms with E-state index in [4.69, 9.17) is 0 Å². The molecule has 2 aliphatic carbocycles. The van der Waals surface area contributed by atoms with Crippen LogP contribution >= 0.6 is 0 Å². The number of piperidine rings is 1. The highest BCUT2D eigenvalue weighted by Crippen LogP contribution is 2.53. The molecule has 7 nitrogen and oxygen atoms in total. The number of hydrogen-bond acceptors (Lipinski definition) is 5. The standard InChI is InChI=1S/C32H35F3N6O/c1-20-5-4-10-39(16-20)17-22-11-27(32(33,34)35)28-36-15-26(29(42)40(28)18-22)23-6-3-7-24(12-23)31(13-21(2)14-31)30-38-37-19-41(30)25-8-9-25/h3,6-7,11-12,15,18-21,25H,4-5,8-10,13-14,16-17H2,1-2H3/t20-,21?,31?/m0/s1. The van der Waals surface area contributed by atoms with E-state index >= 15 is 0 Å². The summed E-state index contributed by atoms with van der Waals surface area (Å²) >= 11 is 0. The molecule has 7 rings (SSSR count). The number of likely N-dealkylation sites (tertiary alicyclic amines) is 1. The van der Waals surface area contributed by atoms with Crippen molar-refractivity contribution in [3.63, 3.8) is 0 Å². The molecule has 3 fully saturated rings. The molecule has 0 spiro atoms. The van der Waals surface area contributed by atoms with Crippen molar-refractivity contribution in [3.8, 4) is 11.1 Å². The van der Waals surface area contributed by atoms with E-state index in [-0.39, 0.29) is 16.6 Å². The van der Waals surface area contributed by atoms with Crippen molar-refractivity contribution in [1.82, 2.24) is 29.0 Å². The zero-order valence-electron chi connectivity index (χ0n) is 23.9. The summed E-state index contributed by atoms with van der Waals surface area (Å²) in [6, 6.07) is 9.39. The Balaban J connectivity index is 1.31. The minimum atomic E-state index is -4.64. The molecule has 3 aromatic heterocycles. The molecule has 1 aromatic carbocycles. The fourth-order valence-corrected chi connectivity index (χ4v) is 7.29. The Morgan fingerprint density at radius 2 is 1.88 bits per heavy atom. The van der Waals surface area contributed by atoms with Crippen molar-refractivity contribution in [2.45, 2.75) is 76.6 Å². The molecule has 1 saturated heterocycles. The van der Waals surface area contributed by atoms with Gasteiger partial charge in [0.25, 0.3) is 5.56 Å². The molecular weight excluding hydrogens is 541 g/mol. The van der Waals surface area contributed by atoms with Crippen LogP contribution in [0.1, 0.15) is 80.9 Å². The molecular formula is C32H35F3N6O. The number of fused-ring (bicyclic) bond motifs is 1. The number of halogens is 3. The molecule has 0 amide bonds. The zero-order valence-corrected chi connectivity index (χ0v) is 23.9. The van der Waals surface area contributed by atoms with Gasteiger partial charge >= 0.3 is 6.18 Å². The van der Waals surface area contributed by atoms with Crippen LogP contribution in [0.4, 0.5) is 13.2 Å². The van der Waals surface area contributed by atoms with Gasteiger partial charge in [-0.25, -0.2) is 4.98 Å². The van der Waals surface area contributed by atoms with E-state index < -0.39 is 17.3 Å². The van der Waals surface area contributed by atoms with Crippen LogP contribution in [0.2, 0.25) is 0 Å². The van der Waals surface area contributed by atoms with Gasteiger partial charge in [-0.1, -0.05) is 32.0 Å². The van der Waals surface area contributed by atoms with E-state index in [9.17, 15) is 18.0 Å². The molecule has 220 valence electrons. The van der Waals surface area contributed by atoms with Gasteiger partial charge in [0.15, 0.2) is 5.65 Å². The topological polar surface area (TPSA) is 68.3 Å². The first-order valence-electron chi connectivity index (χ1n) is 15.0. The second-order valence-electron chi connectivity index (χ2n) is 12.9. The van der Waals surface area contributed by atoms with Crippen LogP contribution in [0.25, 0.3) is 16.8 Å². The molecule has 0 unspecified atom stereocenters. The third kappa shape index (κ3) is 4.73. The van der Waals surface area contributed by atoms with E-state index in [1.165, 1.54) is 6.20 Å². The summed E-state index contributed by atoms with van der Waals surface area (Å²) in [5.41, 5.74) is 0.346.